The zero-order chi connectivity index (χ0) is 20.0. The third-order valence-electron chi connectivity index (χ3n) is 4.04. The minimum absolute atomic E-state index is 0. The fourth-order valence-electron chi connectivity index (χ4n) is 2.51. The van der Waals surface area contributed by atoms with Gasteiger partial charge in [-0.2, -0.15) is 18.3 Å². The van der Waals surface area contributed by atoms with Crippen LogP contribution in [0.5, 0.6) is 0 Å². The minimum atomic E-state index is -4.33. The Balaban J connectivity index is 0.00000300. The molecule has 0 unspecified atom stereocenters. The summed E-state index contributed by atoms with van der Waals surface area (Å²) in [6, 6.07) is 12.8. The molecule has 0 spiro atoms. The van der Waals surface area contributed by atoms with E-state index in [-0.39, 0.29) is 24.0 Å². The highest BCUT2D eigenvalue weighted by Crippen LogP contribution is 2.29. The van der Waals surface area contributed by atoms with Gasteiger partial charge in [-0.1, -0.05) is 24.3 Å². The molecule has 0 amide bonds. The first-order chi connectivity index (χ1) is 13.5. The van der Waals surface area contributed by atoms with Crippen LogP contribution in [0.15, 0.2) is 66.2 Å². The van der Waals surface area contributed by atoms with Crippen LogP contribution in [0, 0.1) is 0 Å². The number of aromatic nitrogens is 3. The molecule has 0 aliphatic carbocycles. The lowest BCUT2D eigenvalue weighted by Crippen LogP contribution is -2.36. The maximum Gasteiger partial charge on any atom is 0.416 e. The van der Waals surface area contributed by atoms with Crippen LogP contribution in [0.1, 0.15) is 16.7 Å². The molecule has 3 rings (SSSR count). The van der Waals surface area contributed by atoms with Gasteiger partial charge >= 0.3 is 6.18 Å². The number of hydrogen-bond acceptors (Lipinski definition) is 3. The lowest BCUT2D eigenvalue weighted by atomic mass is 10.1. The fraction of sp³-hybridized carbons (Fsp3) is 0.211. The van der Waals surface area contributed by atoms with Crippen molar-refractivity contribution in [2.45, 2.75) is 19.3 Å². The summed E-state index contributed by atoms with van der Waals surface area (Å²) in [6.45, 7) is 0.910. The Kier molecular flexibility index (Phi) is 8.00. The smallest absolute Gasteiger partial charge is 0.352 e. The van der Waals surface area contributed by atoms with Crippen molar-refractivity contribution < 1.29 is 13.2 Å². The second-order valence-corrected chi connectivity index (χ2v) is 5.98. The molecule has 0 bridgehead atoms. The van der Waals surface area contributed by atoms with Crippen LogP contribution in [0.4, 0.5) is 13.2 Å². The highest BCUT2D eigenvalue weighted by Gasteiger charge is 2.29. The standard InChI is InChI=1S/C19H19F3N6.HI/c1-23-18(25-10-14-2-6-16(7-3-14)19(20,21)22)26-11-15-4-8-17(9-5-15)28-13-24-12-27-28;/h2-9,12-13H,10-11H2,1H3,(H2,23,25,26);1H. The number of halogens is 4. The molecule has 0 atom stereocenters. The van der Waals surface area contributed by atoms with Crippen molar-refractivity contribution in [3.63, 3.8) is 0 Å². The van der Waals surface area contributed by atoms with E-state index in [0.29, 0.717) is 19.0 Å². The Morgan fingerprint density at radius 3 is 1.97 bits per heavy atom. The third kappa shape index (κ3) is 6.44. The average molecular weight is 516 g/mol. The van der Waals surface area contributed by atoms with Crippen molar-refractivity contribution >= 4 is 29.9 Å². The van der Waals surface area contributed by atoms with Crippen LogP contribution in [0.2, 0.25) is 0 Å². The van der Waals surface area contributed by atoms with E-state index in [1.165, 1.54) is 18.5 Å². The number of hydrogen-bond donors (Lipinski definition) is 2. The molecule has 29 heavy (non-hydrogen) atoms. The van der Waals surface area contributed by atoms with E-state index in [1.807, 2.05) is 24.3 Å². The van der Waals surface area contributed by atoms with Crippen molar-refractivity contribution in [3.05, 3.63) is 77.9 Å². The van der Waals surface area contributed by atoms with E-state index in [1.54, 1.807) is 18.1 Å². The van der Waals surface area contributed by atoms with Gasteiger partial charge in [0.05, 0.1) is 11.3 Å². The molecule has 1 aromatic heterocycles. The molecule has 2 aromatic carbocycles. The molecule has 10 heteroatoms. The van der Waals surface area contributed by atoms with E-state index < -0.39 is 11.7 Å². The van der Waals surface area contributed by atoms with Gasteiger partial charge in [-0.25, -0.2) is 9.67 Å². The van der Waals surface area contributed by atoms with Gasteiger partial charge in [0, 0.05) is 20.1 Å². The monoisotopic (exact) mass is 516 g/mol. The summed E-state index contributed by atoms with van der Waals surface area (Å²) in [5.41, 5.74) is 2.02. The molecule has 3 aromatic rings. The molecular formula is C19H20F3IN6. The second kappa shape index (κ2) is 10.2. The van der Waals surface area contributed by atoms with E-state index >= 15 is 0 Å². The molecule has 2 N–H and O–H groups in total. The lowest BCUT2D eigenvalue weighted by molar-refractivity contribution is -0.137. The number of guanidine groups is 1. The van der Waals surface area contributed by atoms with Crippen LogP contribution in [-0.2, 0) is 19.3 Å². The summed E-state index contributed by atoms with van der Waals surface area (Å²) in [4.78, 5) is 8.04. The molecule has 1 heterocycles. The van der Waals surface area contributed by atoms with Crippen LogP contribution in [-0.4, -0.2) is 27.8 Å². The third-order valence-corrected chi connectivity index (χ3v) is 4.04. The second-order valence-electron chi connectivity index (χ2n) is 5.98. The molecule has 0 saturated carbocycles. The van der Waals surface area contributed by atoms with Crippen LogP contribution < -0.4 is 10.6 Å². The SMILES string of the molecule is CN=C(NCc1ccc(-n2cncn2)cc1)NCc1ccc(C(F)(F)F)cc1.I. The summed E-state index contributed by atoms with van der Waals surface area (Å²) in [7, 11) is 1.63. The number of nitrogens with zero attached hydrogens (tertiary/aromatic N) is 4. The average Bonchev–Trinajstić information content (AvgIpc) is 3.23. The quantitative estimate of drug-likeness (QED) is 0.308. The largest absolute Gasteiger partial charge is 0.416 e. The zero-order valence-electron chi connectivity index (χ0n) is 15.5. The van der Waals surface area contributed by atoms with Crippen molar-refractivity contribution in [1.82, 2.24) is 25.4 Å². The van der Waals surface area contributed by atoms with Crippen molar-refractivity contribution in [2.24, 2.45) is 4.99 Å². The zero-order valence-corrected chi connectivity index (χ0v) is 17.8. The van der Waals surface area contributed by atoms with Gasteiger partial charge in [-0.05, 0) is 35.4 Å². The van der Waals surface area contributed by atoms with Crippen LogP contribution in [0.25, 0.3) is 5.69 Å². The minimum Gasteiger partial charge on any atom is -0.352 e. The van der Waals surface area contributed by atoms with E-state index in [4.69, 9.17) is 0 Å². The first-order valence-electron chi connectivity index (χ1n) is 8.50. The Morgan fingerprint density at radius 1 is 0.966 bits per heavy atom. The Bertz CT molecular complexity index is 907. The summed E-state index contributed by atoms with van der Waals surface area (Å²) in [6.07, 6.45) is -1.23. The van der Waals surface area contributed by atoms with E-state index in [9.17, 15) is 13.2 Å². The first-order valence-corrected chi connectivity index (χ1v) is 8.50. The fourth-order valence-corrected chi connectivity index (χ4v) is 2.51. The van der Waals surface area contributed by atoms with Gasteiger partial charge in [0.25, 0.3) is 0 Å². The van der Waals surface area contributed by atoms with Crippen molar-refractivity contribution in [2.75, 3.05) is 7.05 Å². The van der Waals surface area contributed by atoms with Gasteiger partial charge in [0.2, 0.25) is 0 Å². The van der Waals surface area contributed by atoms with Crippen LogP contribution >= 0.6 is 24.0 Å². The highest BCUT2D eigenvalue weighted by molar-refractivity contribution is 14.0. The predicted octanol–water partition coefficient (Wildman–Crippen LogP) is 3.77. The normalized spacial score (nSPS) is 11.7. The Morgan fingerprint density at radius 2 is 1.52 bits per heavy atom. The maximum atomic E-state index is 12.6. The molecule has 0 aliphatic rings. The predicted molar refractivity (Wildman–Crippen MR) is 115 cm³/mol. The maximum absolute atomic E-state index is 12.6. The molecule has 0 fully saturated rings. The van der Waals surface area contributed by atoms with Crippen molar-refractivity contribution in [3.8, 4) is 5.69 Å². The molecular weight excluding hydrogens is 496 g/mol. The summed E-state index contributed by atoms with van der Waals surface area (Å²) in [5.74, 6) is 0.556. The molecule has 154 valence electrons. The molecule has 0 aliphatic heterocycles. The Hall–Kier alpha value is -2.63. The highest BCUT2D eigenvalue weighted by atomic mass is 127. The van der Waals surface area contributed by atoms with Gasteiger partial charge in [0.1, 0.15) is 12.7 Å². The summed E-state index contributed by atoms with van der Waals surface area (Å²) >= 11 is 0. The van der Waals surface area contributed by atoms with Crippen LogP contribution in [0.3, 0.4) is 0 Å². The topological polar surface area (TPSA) is 67.1 Å². The molecule has 0 saturated heterocycles. The summed E-state index contributed by atoms with van der Waals surface area (Å²) in [5, 5.41) is 10.3. The van der Waals surface area contributed by atoms with Crippen molar-refractivity contribution in [1.29, 1.82) is 0 Å². The number of aliphatic imine (C=N–C) groups is 1. The Labute approximate surface area is 183 Å². The number of rotatable bonds is 5. The molecule has 0 radical (unpaired) electrons. The molecule has 6 nitrogen and oxygen atoms in total. The van der Waals surface area contributed by atoms with E-state index in [2.05, 4.69) is 25.7 Å². The van der Waals surface area contributed by atoms with Gasteiger partial charge in [-0.3, -0.25) is 4.99 Å². The van der Waals surface area contributed by atoms with Gasteiger partial charge < -0.3 is 10.6 Å². The number of alkyl halides is 3. The van der Waals surface area contributed by atoms with Gasteiger partial charge in [-0.15, -0.1) is 24.0 Å². The lowest BCUT2D eigenvalue weighted by Gasteiger charge is -2.13. The summed E-state index contributed by atoms with van der Waals surface area (Å²) < 4.78 is 39.5. The number of nitrogens with one attached hydrogen (secondary N) is 2. The van der Waals surface area contributed by atoms with Gasteiger partial charge in [0.15, 0.2) is 5.96 Å². The number of benzene rings is 2. The van der Waals surface area contributed by atoms with E-state index in [0.717, 1.165) is 28.9 Å². The first kappa shape index (κ1) is 22.7.